The number of hydrogen-bond acceptors (Lipinski definition) is 4. The summed E-state index contributed by atoms with van der Waals surface area (Å²) in [5, 5.41) is 11.0. The van der Waals surface area contributed by atoms with Crippen molar-refractivity contribution in [1.82, 2.24) is 0 Å². The highest BCUT2D eigenvalue weighted by molar-refractivity contribution is 6.15. The van der Waals surface area contributed by atoms with Crippen molar-refractivity contribution >= 4 is 27.7 Å². The van der Waals surface area contributed by atoms with Gasteiger partial charge in [-0.25, -0.2) is 0 Å². The average molecular weight is 278 g/mol. The van der Waals surface area contributed by atoms with Gasteiger partial charge in [0.1, 0.15) is 23.2 Å². The number of hydrogen-bond donors (Lipinski definition) is 1. The molecule has 0 unspecified atom stereocenters. The van der Waals surface area contributed by atoms with Crippen molar-refractivity contribution in [2.75, 3.05) is 0 Å². The van der Waals surface area contributed by atoms with Crippen LogP contribution in [0.25, 0.3) is 21.9 Å². The summed E-state index contributed by atoms with van der Waals surface area (Å²) in [7, 11) is 0. The molecule has 0 radical (unpaired) electrons. The number of fused-ring (bicyclic) bond motifs is 2. The second-order valence-electron chi connectivity index (χ2n) is 4.81. The lowest BCUT2D eigenvalue weighted by Crippen LogP contribution is -1.97. The lowest BCUT2D eigenvalue weighted by Gasteiger charge is -1.95. The van der Waals surface area contributed by atoms with E-state index in [0.29, 0.717) is 22.1 Å². The third kappa shape index (κ3) is 1.80. The maximum Gasteiger partial charge on any atom is 0.232 e. The van der Waals surface area contributed by atoms with Gasteiger partial charge in [0.05, 0.1) is 5.56 Å². The van der Waals surface area contributed by atoms with Crippen LogP contribution in [0, 0.1) is 0 Å². The SMILES string of the molecule is O=C(c1cc2ccccc2o1)c1coc2ccc(O)cc12. The van der Waals surface area contributed by atoms with Gasteiger partial charge in [-0.05, 0) is 30.3 Å². The van der Waals surface area contributed by atoms with Gasteiger partial charge in [0.2, 0.25) is 5.78 Å². The zero-order valence-corrected chi connectivity index (χ0v) is 10.9. The van der Waals surface area contributed by atoms with E-state index >= 15 is 0 Å². The predicted molar refractivity (Wildman–Crippen MR) is 77.5 cm³/mol. The fourth-order valence-electron chi connectivity index (χ4n) is 2.42. The van der Waals surface area contributed by atoms with Gasteiger partial charge in [0.25, 0.3) is 0 Å². The monoisotopic (exact) mass is 278 g/mol. The number of ketones is 1. The van der Waals surface area contributed by atoms with Gasteiger partial charge in [-0.3, -0.25) is 4.79 Å². The molecule has 0 fully saturated rings. The number of furan rings is 2. The number of benzene rings is 2. The van der Waals surface area contributed by atoms with Gasteiger partial charge >= 0.3 is 0 Å². The molecule has 4 aromatic rings. The van der Waals surface area contributed by atoms with E-state index in [0.717, 1.165) is 5.39 Å². The van der Waals surface area contributed by atoms with Crippen LogP contribution in [0.2, 0.25) is 0 Å². The highest BCUT2D eigenvalue weighted by Crippen LogP contribution is 2.28. The molecule has 0 aliphatic heterocycles. The number of carbonyl (C=O) groups is 1. The lowest BCUT2D eigenvalue weighted by molar-refractivity contribution is 0.101. The van der Waals surface area contributed by atoms with Crippen LogP contribution in [0.15, 0.2) is 63.6 Å². The molecule has 0 amide bonds. The minimum Gasteiger partial charge on any atom is -0.508 e. The molecule has 0 bridgehead atoms. The molecule has 0 saturated carbocycles. The maximum atomic E-state index is 12.6. The first-order valence-corrected chi connectivity index (χ1v) is 6.46. The van der Waals surface area contributed by atoms with E-state index in [2.05, 4.69) is 0 Å². The summed E-state index contributed by atoms with van der Waals surface area (Å²) in [6.45, 7) is 0. The van der Waals surface area contributed by atoms with Crippen molar-refractivity contribution in [3.8, 4) is 5.75 Å². The number of phenolic OH excluding ortho intramolecular Hbond substituents is 1. The first kappa shape index (κ1) is 11.8. The van der Waals surface area contributed by atoms with Crippen LogP contribution in [-0.2, 0) is 0 Å². The third-order valence-corrected chi connectivity index (χ3v) is 3.45. The number of rotatable bonds is 2. The lowest BCUT2D eigenvalue weighted by atomic mass is 10.1. The van der Waals surface area contributed by atoms with Crippen LogP contribution in [-0.4, -0.2) is 10.9 Å². The molecule has 0 spiro atoms. The Balaban J connectivity index is 1.87. The summed E-state index contributed by atoms with van der Waals surface area (Å²) in [6, 6.07) is 13.8. The number of para-hydroxylation sites is 1. The topological polar surface area (TPSA) is 63.6 Å². The van der Waals surface area contributed by atoms with Gasteiger partial charge in [-0.2, -0.15) is 0 Å². The molecule has 4 nitrogen and oxygen atoms in total. The van der Waals surface area contributed by atoms with Crippen molar-refractivity contribution in [2.45, 2.75) is 0 Å². The van der Waals surface area contributed by atoms with Gasteiger partial charge in [0, 0.05) is 10.8 Å². The van der Waals surface area contributed by atoms with Crippen molar-refractivity contribution in [1.29, 1.82) is 0 Å². The van der Waals surface area contributed by atoms with Crippen LogP contribution in [0.3, 0.4) is 0 Å². The number of carbonyl (C=O) groups excluding carboxylic acids is 1. The largest absolute Gasteiger partial charge is 0.508 e. The van der Waals surface area contributed by atoms with Crippen molar-refractivity contribution in [2.24, 2.45) is 0 Å². The Labute approximate surface area is 119 Å². The molecule has 1 N–H and O–H groups in total. The van der Waals surface area contributed by atoms with Crippen molar-refractivity contribution < 1.29 is 18.7 Å². The van der Waals surface area contributed by atoms with Gasteiger partial charge in [0.15, 0.2) is 5.76 Å². The summed E-state index contributed by atoms with van der Waals surface area (Å²) >= 11 is 0. The highest BCUT2D eigenvalue weighted by Gasteiger charge is 2.19. The van der Waals surface area contributed by atoms with Crippen molar-refractivity contribution in [3.05, 3.63) is 66.1 Å². The quantitative estimate of drug-likeness (QED) is 0.560. The van der Waals surface area contributed by atoms with Crippen LogP contribution in [0.4, 0.5) is 0 Å². The summed E-state index contributed by atoms with van der Waals surface area (Å²) in [6.07, 6.45) is 1.39. The Morgan fingerprint density at radius 3 is 2.71 bits per heavy atom. The van der Waals surface area contributed by atoms with Crippen LogP contribution < -0.4 is 0 Å². The van der Waals surface area contributed by atoms with Crippen molar-refractivity contribution in [3.63, 3.8) is 0 Å². The molecule has 2 heterocycles. The summed E-state index contributed by atoms with van der Waals surface area (Å²) in [5.74, 6) is 0.0698. The number of phenols is 1. The summed E-state index contributed by atoms with van der Waals surface area (Å²) < 4.78 is 10.9. The molecule has 102 valence electrons. The fraction of sp³-hybridized carbons (Fsp3) is 0. The second kappa shape index (κ2) is 4.24. The first-order chi connectivity index (χ1) is 10.2. The van der Waals surface area contributed by atoms with Gasteiger partial charge in [-0.1, -0.05) is 18.2 Å². The zero-order chi connectivity index (χ0) is 14.4. The van der Waals surface area contributed by atoms with E-state index in [1.165, 1.54) is 18.4 Å². The van der Waals surface area contributed by atoms with Crippen LogP contribution >= 0.6 is 0 Å². The molecule has 0 aliphatic rings. The Morgan fingerprint density at radius 1 is 1.00 bits per heavy atom. The number of aromatic hydroxyl groups is 1. The fourth-order valence-corrected chi connectivity index (χ4v) is 2.42. The first-order valence-electron chi connectivity index (χ1n) is 6.46. The summed E-state index contributed by atoms with van der Waals surface area (Å²) in [4.78, 5) is 12.6. The van der Waals surface area contributed by atoms with E-state index < -0.39 is 0 Å². The Kier molecular flexibility index (Phi) is 2.38. The van der Waals surface area contributed by atoms with E-state index in [9.17, 15) is 9.90 Å². The minimum atomic E-state index is -0.268. The standard InChI is InChI=1S/C17H10O4/c18-11-5-6-15-12(8-11)13(9-20-15)17(19)16-7-10-3-1-2-4-14(10)21-16/h1-9,18H. The third-order valence-electron chi connectivity index (χ3n) is 3.45. The maximum absolute atomic E-state index is 12.6. The van der Waals surface area contributed by atoms with Gasteiger partial charge < -0.3 is 13.9 Å². The molecule has 4 rings (SSSR count). The molecule has 0 saturated heterocycles. The van der Waals surface area contributed by atoms with Crippen LogP contribution in [0.1, 0.15) is 16.1 Å². The molecule has 0 atom stereocenters. The Bertz CT molecular complexity index is 942. The molecule has 2 aromatic heterocycles. The second-order valence-corrected chi connectivity index (χ2v) is 4.81. The van der Waals surface area contributed by atoms with E-state index in [-0.39, 0.29) is 17.3 Å². The molecule has 21 heavy (non-hydrogen) atoms. The predicted octanol–water partition coefficient (Wildman–Crippen LogP) is 4.12. The average Bonchev–Trinajstić information content (AvgIpc) is 3.09. The highest BCUT2D eigenvalue weighted by atomic mass is 16.3. The van der Waals surface area contributed by atoms with E-state index in [4.69, 9.17) is 8.83 Å². The molecule has 0 aliphatic carbocycles. The Hall–Kier alpha value is -3.01. The molecular weight excluding hydrogens is 268 g/mol. The van der Waals surface area contributed by atoms with Crippen LogP contribution in [0.5, 0.6) is 5.75 Å². The van der Waals surface area contributed by atoms with E-state index in [1.807, 2.05) is 24.3 Å². The molecule has 4 heteroatoms. The normalized spacial score (nSPS) is 11.2. The molecular formula is C17H10O4. The zero-order valence-electron chi connectivity index (χ0n) is 10.9. The van der Waals surface area contributed by atoms with E-state index in [1.54, 1.807) is 12.1 Å². The smallest absolute Gasteiger partial charge is 0.232 e. The molecule has 2 aromatic carbocycles. The van der Waals surface area contributed by atoms with Gasteiger partial charge in [-0.15, -0.1) is 0 Å². The Morgan fingerprint density at radius 2 is 1.86 bits per heavy atom. The summed E-state index contributed by atoms with van der Waals surface area (Å²) in [5.41, 5.74) is 1.59. The minimum absolute atomic E-state index is 0.0857.